The van der Waals surface area contributed by atoms with E-state index >= 15 is 0 Å². The highest BCUT2D eigenvalue weighted by Crippen LogP contribution is 2.38. The van der Waals surface area contributed by atoms with Gasteiger partial charge in [0, 0.05) is 29.5 Å². The summed E-state index contributed by atoms with van der Waals surface area (Å²) in [5.74, 6) is 1.43. The molecule has 1 aromatic rings. The first-order chi connectivity index (χ1) is 11.2. The largest absolute Gasteiger partial charge is 0.497 e. The van der Waals surface area contributed by atoms with E-state index in [-0.39, 0.29) is 11.8 Å². The Bertz CT molecular complexity index is 596. The average molecular weight is 319 g/mol. The lowest BCUT2D eigenvalue weighted by molar-refractivity contribution is -0.529. The fraction of sp³-hybridized carbons (Fsp3) is 0.588. The first-order valence-corrected chi connectivity index (χ1v) is 8.28. The molecule has 1 aromatic carbocycles. The maximum absolute atomic E-state index is 12.2. The van der Waals surface area contributed by atoms with E-state index < -0.39 is 6.23 Å². The topological polar surface area (TPSA) is 67.6 Å². The molecule has 0 spiro atoms. The lowest BCUT2D eigenvalue weighted by Crippen LogP contribution is -2.35. The molecular formula is C17H23N2O4+. The molecule has 1 saturated carbocycles. The predicted molar refractivity (Wildman–Crippen MR) is 84.9 cm³/mol. The van der Waals surface area contributed by atoms with Crippen molar-refractivity contribution in [3.05, 3.63) is 23.1 Å². The van der Waals surface area contributed by atoms with Gasteiger partial charge in [0.05, 0.1) is 18.3 Å². The molecule has 1 fully saturated rings. The smallest absolute Gasteiger partial charge is 0.352 e. The van der Waals surface area contributed by atoms with Crippen LogP contribution in [0.5, 0.6) is 11.5 Å². The van der Waals surface area contributed by atoms with Crippen molar-refractivity contribution >= 4 is 11.6 Å². The first kappa shape index (κ1) is 15.8. The summed E-state index contributed by atoms with van der Waals surface area (Å²) in [5.41, 5.74) is 0.509. The molecule has 0 bridgehead atoms. The third-order valence-corrected chi connectivity index (χ3v) is 4.60. The maximum atomic E-state index is 12.2. The third kappa shape index (κ3) is 3.46. The van der Waals surface area contributed by atoms with Crippen LogP contribution in [-0.2, 0) is 4.79 Å². The summed E-state index contributed by atoms with van der Waals surface area (Å²) in [6.45, 7) is 0.448. The minimum absolute atomic E-state index is 0.110. The van der Waals surface area contributed by atoms with Gasteiger partial charge in [-0.15, -0.1) is 0 Å². The third-order valence-electron chi connectivity index (χ3n) is 4.60. The normalized spacial score (nSPS) is 20.7. The molecule has 6 heteroatoms. The zero-order chi connectivity index (χ0) is 16.2. The van der Waals surface area contributed by atoms with Crippen molar-refractivity contribution < 1.29 is 19.0 Å². The van der Waals surface area contributed by atoms with E-state index in [1.165, 1.54) is 6.42 Å². The standard InChI is InChI=1S/C17H22N2O4/c1-22-13-7-8-14-15(11-13)23-16(19(14)21)9-10-18-17(20)12-5-3-2-4-6-12/h7-8,11-12,16H,2-6,9-10H2,1H3/p+1. The van der Waals surface area contributed by atoms with Crippen LogP contribution in [0.3, 0.4) is 0 Å². The highest BCUT2D eigenvalue weighted by Gasteiger charge is 2.40. The van der Waals surface area contributed by atoms with E-state index in [2.05, 4.69) is 5.32 Å². The van der Waals surface area contributed by atoms with E-state index in [1.54, 1.807) is 25.3 Å². The molecular weight excluding hydrogens is 296 g/mol. The van der Waals surface area contributed by atoms with Gasteiger partial charge in [-0.25, -0.2) is 0 Å². The zero-order valence-electron chi connectivity index (χ0n) is 13.4. The van der Waals surface area contributed by atoms with Gasteiger partial charge in [-0.05, 0) is 18.9 Å². The van der Waals surface area contributed by atoms with Crippen LogP contribution in [0.1, 0.15) is 38.5 Å². The van der Waals surface area contributed by atoms with Crippen LogP contribution in [-0.4, -0.2) is 30.5 Å². The van der Waals surface area contributed by atoms with E-state index in [0.29, 0.717) is 30.2 Å². The Hall–Kier alpha value is -2.11. The Morgan fingerprint density at radius 1 is 1.35 bits per heavy atom. The SMILES string of the molecule is COc1ccc2c(c1)OC(CCNC(=O)C1CCCCC1)[N+]2=O. The number of carbonyl (C=O) groups excluding carboxylic acids is 1. The number of nitrogens with zero attached hydrogens (tertiary/aromatic N) is 1. The molecule has 23 heavy (non-hydrogen) atoms. The monoisotopic (exact) mass is 319 g/mol. The second-order valence-corrected chi connectivity index (χ2v) is 6.15. The number of ether oxygens (including phenoxy) is 2. The van der Waals surface area contributed by atoms with Gasteiger partial charge in [0.25, 0.3) is 0 Å². The maximum Gasteiger partial charge on any atom is 0.352 e. The average Bonchev–Trinajstić information content (AvgIpc) is 2.91. The number of hydrogen-bond donors (Lipinski definition) is 1. The number of nitrogens with one attached hydrogen (secondary N) is 1. The molecule has 0 aromatic heterocycles. The first-order valence-electron chi connectivity index (χ1n) is 8.28. The summed E-state index contributed by atoms with van der Waals surface area (Å²) in [6, 6.07) is 5.14. The Kier molecular flexibility index (Phi) is 4.79. The Morgan fingerprint density at radius 3 is 2.87 bits per heavy atom. The van der Waals surface area contributed by atoms with Gasteiger partial charge in [-0.2, -0.15) is 0 Å². The van der Waals surface area contributed by atoms with Crippen molar-refractivity contribution in [3.63, 3.8) is 0 Å². The van der Waals surface area contributed by atoms with Crippen LogP contribution in [0.2, 0.25) is 0 Å². The van der Waals surface area contributed by atoms with Gasteiger partial charge in [0.15, 0.2) is 0 Å². The second-order valence-electron chi connectivity index (χ2n) is 6.15. The number of nitroso groups, excluding NO2 is 1. The molecule has 124 valence electrons. The molecule has 1 N–H and O–H groups in total. The van der Waals surface area contributed by atoms with Gasteiger partial charge < -0.3 is 14.8 Å². The number of carbonyl (C=O) groups is 1. The Labute approximate surface area is 135 Å². The van der Waals surface area contributed by atoms with Crippen LogP contribution in [0, 0.1) is 10.8 Å². The van der Waals surface area contributed by atoms with Gasteiger partial charge in [0.2, 0.25) is 11.7 Å². The van der Waals surface area contributed by atoms with Crippen LogP contribution < -0.4 is 14.8 Å². The molecule has 1 atom stereocenters. The molecule has 0 radical (unpaired) electrons. The van der Waals surface area contributed by atoms with Gasteiger partial charge in [-0.3, -0.25) is 4.79 Å². The van der Waals surface area contributed by atoms with E-state index in [9.17, 15) is 9.70 Å². The second kappa shape index (κ2) is 6.98. The summed E-state index contributed by atoms with van der Waals surface area (Å²) in [4.78, 5) is 24.3. The van der Waals surface area contributed by atoms with Crippen molar-refractivity contribution in [3.8, 4) is 11.5 Å². The molecule has 2 aliphatic rings. The molecule has 0 saturated heterocycles. The number of hydrogen-bond acceptors (Lipinski definition) is 4. The fourth-order valence-electron chi connectivity index (χ4n) is 3.25. The van der Waals surface area contributed by atoms with Crippen LogP contribution in [0.4, 0.5) is 5.69 Å². The summed E-state index contributed by atoms with van der Waals surface area (Å²) in [6.07, 6.45) is 5.31. The fourth-order valence-corrected chi connectivity index (χ4v) is 3.25. The molecule has 1 aliphatic heterocycles. The van der Waals surface area contributed by atoms with E-state index in [1.807, 2.05) is 0 Å². The highest BCUT2D eigenvalue weighted by atomic mass is 16.5. The lowest BCUT2D eigenvalue weighted by Gasteiger charge is -2.20. The molecule has 6 nitrogen and oxygen atoms in total. The molecule has 1 amide bonds. The number of rotatable bonds is 5. The summed E-state index contributed by atoms with van der Waals surface area (Å²) in [7, 11) is 1.57. The van der Waals surface area contributed by atoms with Gasteiger partial charge in [-0.1, -0.05) is 19.3 Å². The lowest BCUT2D eigenvalue weighted by atomic mass is 9.89. The minimum Gasteiger partial charge on any atom is -0.497 e. The van der Waals surface area contributed by atoms with Crippen LogP contribution >= 0.6 is 0 Å². The minimum atomic E-state index is -0.594. The van der Waals surface area contributed by atoms with Crippen molar-refractivity contribution in [2.45, 2.75) is 44.8 Å². The number of amides is 1. The molecule has 1 aliphatic carbocycles. The van der Waals surface area contributed by atoms with Crippen LogP contribution in [0.25, 0.3) is 0 Å². The number of fused-ring (bicyclic) bond motifs is 1. The van der Waals surface area contributed by atoms with Crippen LogP contribution in [0.15, 0.2) is 18.2 Å². The molecule has 1 unspecified atom stereocenters. The van der Waals surface area contributed by atoms with Gasteiger partial charge in [0.1, 0.15) is 5.75 Å². The Balaban J connectivity index is 1.50. The molecule has 1 heterocycles. The van der Waals surface area contributed by atoms with Gasteiger partial charge >= 0.3 is 11.9 Å². The van der Waals surface area contributed by atoms with Crippen molar-refractivity contribution in [2.75, 3.05) is 13.7 Å². The number of benzene rings is 1. The molecule has 3 rings (SSSR count). The summed E-state index contributed by atoms with van der Waals surface area (Å²) in [5, 5.41) is 2.94. The van der Waals surface area contributed by atoms with Crippen molar-refractivity contribution in [2.24, 2.45) is 5.92 Å². The van der Waals surface area contributed by atoms with Crippen molar-refractivity contribution in [1.82, 2.24) is 5.32 Å². The Morgan fingerprint density at radius 2 is 2.13 bits per heavy atom. The quantitative estimate of drug-likeness (QED) is 0.847. The van der Waals surface area contributed by atoms with E-state index in [4.69, 9.17) is 9.47 Å². The summed E-state index contributed by atoms with van der Waals surface area (Å²) < 4.78 is 11.7. The van der Waals surface area contributed by atoms with Crippen molar-refractivity contribution in [1.29, 1.82) is 0 Å². The number of methoxy groups -OCH3 is 1. The highest BCUT2D eigenvalue weighted by molar-refractivity contribution is 5.78. The predicted octanol–water partition coefficient (Wildman–Crippen LogP) is 2.91. The zero-order valence-corrected chi connectivity index (χ0v) is 13.4. The van der Waals surface area contributed by atoms with E-state index in [0.717, 1.165) is 30.4 Å². The summed E-state index contributed by atoms with van der Waals surface area (Å²) >= 11 is 0.